The third-order valence-electron chi connectivity index (χ3n) is 3.89. The smallest absolute Gasteiger partial charge is 0.315 e. The van der Waals surface area contributed by atoms with Gasteiger partial charge in [0.2, 0.25) is 0 Å². The molecule has 0 fully saturated rings. The number of nitrogens with zero attached hydrogens (tertiary/aromatic N) is 1. The minimum absolute atomic E-state index is 0.0110. The Balaban J connectivity index is 1.84. The monoisotopic (exact) mass is 315 g/mol. The van der Waals surface area contributed by atoms with Crippen LogP contribution in [0.5, 0.6) is 0 Å². The van der Waals surface area contributed by atoms with E-state index in [2.05, 4.69) is 42.7 Å². The zero-order chi connectivity index (χ0) is 16.8. The van der Waals surface area contributed by atoms with Crippen LogP contribution < -0.4 is 10.6 Å². The van der Waals surface area contributed by atoms with Gasteiger partial charge in [-0.1, -0.05) is 23.8 Å². The topological polar surface area (TPSA) is 57.5 Å². The number of benzene rings is 1. The Morgan fingerprint density at radius 3 is 2.61 bits per heavy atom. The largest absolute Gasteiger partial charge is 0.468 e. The van der Waals surface area contributed by atoms with Gasteiger partial charge in [0, 0.05) is 13.1 Å². The number of likely N-dealkylation sites (N-methyl/N-ethyl adjacent to an activating group) is 1. The van der Waals surface area contributed by atoms with E-state index in [0.717, 1.165) is 11.3 Å². The minimum atomic E-state index is -0.177. The molecule has 0 spiro atoms. The number of furan rings is 1. The molecular weight excluding hydrogens is 290 g/mol. The maximum Gasteiger partial charge on any atom is 0.315 e. The van der Waals surface area contributed by atoms with E-state index in [1.54, 1.807) is 6.26 Å². The fourth-order valence-electron chi connectivity index (χ4n) is 2.49. The normalized spacial score (nSPS) is 12.2. The van der Waals surface area contributed by atoms with Crippen molar-refractivity contribution in [3.63, 3.8) is 0 Å². The van der Waals surface area contributed by atoms with Gasteiger partial charge < -0.3 is 15.1 Å². The van der Waals surface area contributed by atoms with E-state index >= 15 is 0 Å². The Morgan fingerprint density at radius 2 is 2.00 bits per heavy atom. The summed E-state index contributed by atoms with van der Waals surface area (Å²) in [7, 11) is 3.92. The molecule has 1 atom stereocenters. The molecule has 0 aliphatic rings. The molecule has 1 unspecified atom stereocenters. The van der Waals surface area contributed by atoms with Crippen LogP contribution in [-0.2, 0) is 6.54 Å². The maximum atomic E-state index is 12.0. The highest BCUT2D eigenvalue weighted by Crippen LogP contribution is 2.17. The number of urea groups is 1. The first-order valence-electron chi connectivity index (χ1n) is 7.75. The molecule has 0 bridgehead atoms. The van der Waals surface area contributed by atoms with Crippen LogP contribution in [0.3, 0.4) is 0 Å². The molecule has 0 saturated carbocycles. The van der Waals surface area contributed by atoms with Gasteiger partial charge in [0.25, 0.3) is 0 Å². The highest BCUT2D eigenvalue weighted by Gasteiger charge is 2.17. The predicted molar refractivity (Wildman–Crippen MR) is 91.3 cm³/mol. The van der Waals surface area contributed by atoms with Gasteiger partial charge in [0.1, 0.15) is 5.76 Å². The Kier molecular flexibility index (Phi) is 5.82. The van der Waals surface area contributed by atoms with Gasteiger partial charge in [-0.15, -0.1) is 0 Å². The lowest BCUT2D eigenvalue weighted by molar-refractivity contribution is 0.225. The minimum Gasteiger partial charge on any atom is -0.468 e. The molecular formula is C18H25N3O2. The molecule has 2 rings (SSSR count). The number of amides is 2. The van der Waals surface area contributed by atoms with Crippen molar-refractivity contribution < 1.29 is 9.21 Å². The summed E-state index contributed by atoms with van der Waals surface area (Å²) in [5.74, 6) is 0.838. The lowest BCUT2D eigenvalue weighted by atomic mass is 10.1. The second-order valence-electron chi connectivity index (χ2n) is 5.99. The van der Waals surface area contributed by atoms with Gasteiger partial charge >= 0.3 is 6.03 Å². The molecule has 0 saturated heterocycles. The highest BCUT2D eigenvalue weighted by molar-refractivity contribution is 5.73. The second kappa shape index (κ2) is 7.83. The summed E-state index contributed by atoms with van der Waals surface area (Å²) < 4.78 is 5.43. The summed E-state index contributed by atoms with van der Waals surface area (Å²) in [5.41, 5.74) is 3.54. The van der Waals surface area contributed by atoms with E-state index in [1.807, 2.05) is 31.1 Å². The first-order chi connectivity index (χ1) is 11.0. The number of nitrogens with one attached hydrogen (secondary N) is 2. The fourth-order valence-corrected chi connectivity index (χ4v) is 2.49. The third-order valence-corrected chi connectivity index (χ3v) is 3.89. The molecule has 124 valence electrons. The molecule has 0 aliphatic carbocycles. The average Bonchev–Trinajstić information content (AvgIpc) is 3.00. The van der Waals surface area contributed by atoms with Crippen LogP contribution in [0.2, 0.25) is 0 Å². The van der Waals surface area contributed by atoms with Crippen LogP contribution in [0.15, 0.2) is 41.0 Å². The molecule has 5 heteroatoms. The Labute approximate surface area is 137 Å². The van der Waals surface area contributed by atoms with Crippen molar-refractivity contribution >= 4 is 6.03 Å². The molecule has 2 aromatic rings. The Hall–Kier alpha value is -2.27. The molecule has 1 aromatic carbocycles. The van der Waals surface area contributed by atoms with Gasteiger partial charge in [-0.3, -0.25) is 4.90 Å². The van der Waals surface area contributed by atoms with E-state index < -0.39 is 0 Å². The standard InChI is InChI=1S/C18H25N3O2/c1-13-7-8-15(14(2)10-13)11-19-18(22)20-12-16(21(3)4)17-6-5-9-23-17/h5-10,16H,11-12H2,1-4H3,(H2,19,20,22). The fraction of sp³-hybridized carbons (Fsp3) is 0.389. The highest BCUT2D eigenvalue weighted by atomic mass is 16.3. The van der Waals surface area contributed by atoms with Crippen molar-refractivity contribution in [2.45, 2.75) is 26.4 Å². The van der Waals surface area contributed by atoms with Crippen molar-refractivity contribution in [1.29, 1.82) is 0 Å². The molecule has 1 heterocycles. The van der Waals surface area contributed by atoms with Crippen LogP contribution in [0, 0.1) is 13.8 Å². The Bertz CT molecular complexity index is 636. The molecule has 5 nitrogen and oxygen atoms in total. The van der Waals surface area contributed by atoms with E-state index in [1.165, 1.54) is 11.1 Å². The first-order valence-corrected chi connectivity index (χ1v) is 7.75. The summed E-state index contributed by atoms with van der Waals surface area (Å²) in [4.78, 5) is 14.0. The number of rotatable bonds is 6. The van der Waals surface area contributed by atoms with Crippen LogP contribution in [0.25, 0.3) is 0 Å². The lowest BCUT2D eigenvalue weighted by Crippen LogP contribution is -2.40. The van der Waals surface area contributed by atoms with Gasteiger partial charge in [0.05, 0.1) is 12.3 Å². The summed E-state index contributed by atoms with van der Waals surface area (Å²) in [6.45, 7) is 5.12. The van der Waals surface area contributed by atoms with Crippen molar-refractivity contribution in [3.8, 4) is 0 Å². The van der Waals surface area contributed by atoms with Crippen molar-refractivity contribution in [2.24, 2.45) is 0 Å². The van der Waals surface area contributed by atoms with Crippen molar-refractivity contribution in [1.82, 2.24) is 15.5 Å². The average molecular weight is 315 g/mol. The summed E-state index contributed by atoms with van der Waals surface area (Å²) in [6, 6.07) is 9.83. The van der Waals surface area contributed by atoms with Gasteiger partial charge in [-0.2, -0.15) is 0 Å². The first kappa shape index (κ1) is 17.1. The number of aryl methyl sites for hydroxylation is 2. The van der Waals surface area contributed by atoms with E-state index in [0.29, 0.717) is 13.1 Å². The zero-order valence-electron chi connectivity index (χ0n) is 14.2. The molecule has 0 radical (unpaired) electrons. The van der Waals surface area contributed by atoms with Gasteiger partial charge in [0.15, 0.2) is 0 Å². The van der Waals surface area contributed by atoms with Crippen LogP contribution in [0.1, 0.15) is 28.5 Å². The van der Waals surface area contributed by atoms with Crippen LogP contribution in [-0.4, -0.2) is 31.6 Å². The molecule has 2 N–H and O–H groups in total. The van der Waals surface area contributed by atoms with Crippen LogP contribution >= 0.6 is 0 Å². The van der Waals surface area contributed by atoms with Crippen LogP contribution in [0.4, 0.5) is 4.79 Å². The van der Waals surface area contributed by atoms with Gasteiger partial charge in [-0.25, -0.2) is 4.79 Å². The van der Waals surface area contributed by atoms with Crippen molar-refractivity contribution in [2.75, 3.05) is 20.6 Å². The maximum absolute atomic E-state index is 12.0. The molecule has 1 aromatic heterocycles. The number of carbonyl (C=O) groups excluding carboxylic acids is 1. The summed E-state index contributed by atoms with van der Waals surface area (Å²) >= 11 is 0. The third kappa shape index (κ3) is 4.86. The molecule has 23 heavy (non-hydrogen) atoms. The van der Waals surface area contributed by atoms with Crippen molar-refractivity contribution in [3.05, 3.63) is 59.0 Å². The lowest BCUT2D eigenvalue weighted by Gasteiger charge is -2.22. The predicted octanol–water partition coefficient (Wildman–Crippen LogP) is 3.00. The number of hydrogen-bond acceptors (Lipinski definition) is 3. The van der Waals surface area contributed by atoms with Gasteiger partial charge in [-0.05, 0) is 51.2 Å². The quantitative estimate of drug-likeness (QED) is 0.861. The molecule has 2 amide bonds. The number of hydrogen-bond donors (Lipinski definition) is 2. The number of carbonyl (C=O) groups is 1. The second-order valence-corrected chi connectivity index (χ2v) is 5.99. The Morgan fingerprint density at radius 1 is 1.22 bits per heavy atom. The molecule has 0 aliphatic heterocycles. The van der Waals surface area contributed by atoms with E-state index in [9.17, 15) is 4.79 Å². The van der Waals surface area contributed by atoms with E-state index in [4.69, 9.17) is 4.42 Å². The zero-order valence-corrected chi connectivity index (χ0v) is 14.2. The SMILES string of the molecule is Cc1ccc(CNC(=O)NCC(c2ccco2)N(C)C)c(C)c1. The summed E-state index contributed by atoms with van der Waals surface area (Å²) in [5, 5.41) is 5.80. The summed E-state index contributed by atoms with van der Waals surface area (Å²) in [6.07, 6.45) is 1.64. The van der Waals surface area contributed by atoms with E-state index in [-0.39, 0.29) is 12.1 Å².